The first kappa shape index (κ1) is 10.7. The highest BCUT2D eigenvalue weighted by Crippen LogP contribution is 2.35. The van der Waals surface area contributed by atoms with Crippen LogP contribution in [0.5, 0.6) is 0 Å². The van der Waals surface area contributed by atoms with Crippen LogP contribution in [0.2, 0.25) is 0 Å². The molecule has 6 nitrogen and oxygen atoms in total. The number of anilines is 1. The Balaban J connectivity index is 1.89. The summed E-state index contributed by atoms with van der Waals surface area (Å²) < 4.78 is 1.87. The second kappa shape index (κ2) is 3.92. The predicted molar refractivity (Wildman–Crippen MR) is 72.1 cm³/mol. The molecule has 4 rings (SSSR count). The van der Waals surface area contributed by atoms with Gasteiger partial charge >= 0.3 is 0 Å². The zero-order valence-corrected chi connectivity index (χ0v) is 11.0. The maximum Gasteiger partial charge on any atom is 0.216 e. The topological polar surface area (TPSA) is 68.5 Å². The van der Waals surface area contributed by atoms with E-state index in [4.69, 9.17) is 0 Å². The SMILES string of the molecule is CCc1nnc2n1Nc1nc3ccccc3nc1S2. The fourth-order valence-electron chi connectivity index (χ4n) is 2.03. The van der Waals surface area contributed by atoms with Crippen molar-refractivity contribution in [1.82, 2.24) is 24.8 Å². The number of hydrogen-bond acceptors (Lipinski definition) is 6. The molecule has 0 fully saturated rings. The van der Waals surface area contributed by atoms with Crippen molar-refractivity contribution in [3.05, 3.63) is 30.1 Å². The molecule has 0 atom stereocenters. The summed E-state index contributed by atoms with van der Waals surface area (Å²) in [7, 11) is 0. The van der Waals surface area contributed by atoms with Gasteiger partial charge in [0.15, 0.2) is 11.6 Å². The average Bonchev–Trinajstić information content (AvgIpc) is 2.84. The minimum absolute atomic E-state index is 0.755. The number of aromatic nitrogens is 5. The third-order valence-electron chi connectivity index (χ3n) is 2.96. The van der Waals surface area contributed by atoms with E-state index in [0.29, 0.717) is 0 Å². The lowest BCUT2D eigenvalue weighted by molar-refractivity contribution is 0.748. The molecule has 0 saturated carbocycles. The van der Waals surface area contributed by atoms with E-state index in [0.717, 1.165) is 39.3 Å². The Hall–Kier alpha value is -2.15. The summed E-state index contributed by atoms with van der Waals surface area (Å²) in [5.74, 6) is 1.65. The first-order valence-electron chi connectivity index (χ1n) is 6.01. The third-order valence-corrected chi connectivity index (χ3v) is 3.89. The van der Waals surface area contributed by atoms with Crippen molar-refractivity contribution in [2.24, 2.45) is 0 Å². The van der Waals surface area contributed by atoms with Gasteiger partial charge in [-0.2, -0.15) is 0 Å². The van der Waals surface area contributed by atoms with Gasteiger partial charge in [0.05, 0.1) is 11.0 Å². The minimum atomic E-state index is 0.755. The molecule has 0 radical (unpaired) electrons. The second-order valence-electron chi connectivity index (χ2n) is 4.17. The van der Waals surface area contributed by atoms with E-state index in [-0.39, 0.29) is 0 Å². The Bertz CT molecular complexity index is 781. The second-order valence-corrected chi connectivity index (χ2v) is 5.12. The summed E-state index contributed by atoms with van der Waals surface area (Å²) in [6.07, 6.45) is 0.816. The largest absolute Gasteiger partial charge is 0.272 e. The number of hydrogen-bond donors (Lipinski definition) is 1. The van der Waals surface area contributed by atoms with E-state index in [2.05, 4.69) is 25.6 Å². The molecular weight excluding hydrogens is 260 g/mol. The summed E-state index contributed by atoms with van der Waals surface area (Å²) in [5, 5.41) is 9.93. The van der Waals surface area contributed by atoms with Crippen molar-refractivity contribution in [2.75, 3.05) is 5.43 Å². The third kappa shape index (κ3) is 1.58. The van der Waals surface area contributed by atoms with Crippen LogP contribution in [-0.2, 0) is 6.42 Å². The molecule has 19 heavy (non-hydrogen) atoms. The lowest BCUT2D eigenvalue weighted by Crippen LogP contribution is -2.19. The molecule has 0 spiro atoms. The smallest absolute Gasteiger partial charge is 0.216 e. The molecule has 3 aromatic rings. The van der Waals surface area contributed by atoms with Crippen LogP contribution in [0.4, 0.5) is 5.82 Å². The van der Waals surface area contributed by atoms with Crippen molar-refractivity contribution >= 4 is 28.6 Å². The highest BCUT2D eigenvalue weighted by atomic mass is 32.2. The van der Waals surface area contributed by atoms with Gasteiger partial charge in [-0.25, -0.2) is 14.6 Å². The van der Waals surface area contributed by atoms with E-state index in [1.165, 1.54) is 11.8 Å². The molecule has 1 aliphatic heterocycles. The van der Waals surface area contributed by atoms with Gasteiger partial charge in [-0.15, -0.1) is 10.2 Å². The fraction of sp³-hybridized carbons (Fsp3) is 0.167. The number of rotatable bonds is 1. The molecule has 0 unspecified atom stereocenters. The molecule has 1 aromatic carbocycles. The summed E-state index contributed by atoms with van der Waals surface area (Å²) in [5.41, 5.74) is 5.00. The lowest BCUT2D eigenvalue weighted by atomic mass is 10.3. The van der Waals surface area contributed by atoms with Gasteiger partial charge in [0.2, 0.25) is 5.16 Å². The van der Waals surface area contributed by atoms with Crippen LogP contribution < -0.4 is 5.43 Å². The Kier molecular flexibility index (Phi) is 2.22. The van der Waals surface area contributed by atoms with E-state index >= 15 is 0 Å². The van der Waals surface area contributed by atoms with Crippen LogP contribution >= 0.6 is 11.8 Å². The van der Waals surface area contributed by atoms with Crippen LogP contribution in [-0.4, -0.2) is 24.8 Å². The molecular formula is C12H10N6S. The van der Waals surface area contributed by atoms with Crippen molar-refractivity contribution in [1.29, 1.82) is 0 Å². The minimum Gasteiger partial charge on any atom is -0.272 e. The van der Waals surface area contributed by atoms with Crippen molar-refractivity contribution in [2.45, 2.75) is 23.5 Å². The Morgan fingerprint density at radius 2 is 1.95 bits per heavy atom. The van der Waals surface area contributed by atoms with Crippen LogP contribution in [0.15, 0.2) is 34.4 Å². The van der Waals surface area contributed by atoms with Gasteiger partial charge in [0.25, 0.3) is 0 Å². The fourth-order valence-corrected chi connectivity index (χ4v) is 2.86. The number of nitrogens with one attached hydrogen (secondary N) is 1. The van der Waals surface area contributed by atoms with Gasteiger partial charge in [-0.05, 0) is 23.9 Å². The zero-order chi connectivity index (χ0) is 12.8. The maximum atomic E-state index is 4.61. The van der Waals surface area contributed by atoms with Crippen LogP contribution in [0.3, 0.4) is 0 Å². The zero-order valence-electron chi connectivity index (χ0n) is 10.2. The Morgan fingerprint density at radius 3 is 2.74 bits per heavy atom. The number of fused-ring (bicyclic) bond motifs is 3. The molecule has 0 saturated heterocycles. The van der Waals surface area contributed by atoms with Gasteiger partial charge in [0, 0.05) is 6.42 Å². The number of aryl methyl sites for hydroxylation is 1. The molecule has 7 heteroatoms. The Morgan fingerprint density at radius 1 is 1.16 bits per heavy atom. The van der Waals surface area contributed by atoms with E-state index < -0.39 is 0 Å². The quantitative estimate of drug-likeness (QED) is 0.571. The monoisotopic (exact) mass is 270 g/mol. The summed E-state index contributed by atoms with van der Waals surface area (Å²) in [6.45, 7) is 2.05. The molecule has 0 bridgehead atoms. The predicted octanol–water partition coefficient (Wildman–Crippen LogP) is 2.12. The highest BCUT2D eigenvalue weighted by Gasteiger charge is 2.22. The van der Waals surface area contributed by atoms with E-state index in [1.807, 2.05) is 35.9 Å². The maximum absolute atomic E-state index is 4.61. The summed E-state index contributed by atoms with van der Waals surface area (Å²) in [6, 6.07) is 7.83. The number of nitrogens with zero attached hydrogens (tertiary/aromatic N) is 5. The van der Waals surface area contributed by atoms with Crippen LogP contribution in [0.1, 0.15) is 12.7 Å². The van der Waals surface area contributed by atoms with Crippen molar-refractivity contribution < 1.29 is 0 Å². The highest BCUT2D eigenvalue weighted by molar-refractivity contribution is 7.99. The average molecular weight is 270 g/mol. The van der Waals surface area contributed by atoms with Crippen LogP contribution in [0.25, 0.3) is 11.0 Å². The van der Waals surface area contributed by atoms with Crippen molar-refractivity contribution in [3.63, 3.8) is 0 Å². The lowest BCUT2D eigenvalue weighted by Gasteiger charge is -2.18. The summed E-state index contributed by atoms with van der Waals surface area (Å²) in [4.78, 5) is 9.21. The first-order chi connectivity index (χ1) is 9.35. The molecule has 94 valence electrons. The first-order valence-corrected chi connectivity index (χ1v) is 6.83. The molecule has 1 N–H and O–H groups in total. The van der Waals surface area contributed by atoms with Crippen LogP contribution in [0, 0.1) is 0 Å². The Labute approximate surface area is 113 Å². The standard InChI is InChI=1S/C12H10N6S/c1-2-9-15-16-12-18(9)17-10-11(19-12)14-8-6-4-3-5-7(8)13-10/h3-6H,2H2,1H3,(H,13,17). The number of para-hydroxylation sites is 2. The molecule has 2 aromatic heterocycles. The van der Waals surface area contributed by atoms with Gasteiger partial charge in [-0.1, -0.05) is 19.1 Å². The van der Waals surface area contributed by atoms with E-state index in [9.17, 15) is 0 Å². The summed E-state index contributed by atoms with van der Waals surface area (Å²) >= 11 is 1.49. The van der Waals surface area contributed by atoms with E-state index in [1.54, 1.807) is 0 Å². The van der Waals surface area contributed by atoms with Gasteiger partial charge in [-0.3, -0.25) is 5.43 Å². The molecule has 1 aliphatic rings. The number of benzene rings is 1. The normalized spacial score (nSPS) is 12.9. The molecule has 0 aliphatic carbocycles. The molecule has 0 amide bonds. The molecule has 3 heterocycles. The van der Waals surface area contributed by atoms with Gasteiger partial charge < -0.3 is 0 Å². The van der Waals surface area contributed by atoms with Gasteiger partial charge in [0.1, 0.15) is 5.03 Å². The van der Waals surface area contributed by atoms with Crippen molar-refractivity contribution in [3.8, 4) is 0 Å².